The molecule has 8 heteroatoms. The van der Waals surface area contributed by atoms with Crippen molar-refractivity contribution in [3.8, 4) is 0 Å². The summed E-state index contributed by atoms with van der Waals surface area (Å²) in [4.78, 5) is 12.8. The first-order valence-corrected chi connectivity index (χ1v) is 11.8. The van der Waals surface area contributed by atoms with Crippen LogP contribution >= 0.6 is 23.2 Å². The average molecular weight is 455 g/mol. The van der Waals surface area contributed by atoms with E-state index in [1.807, 2.05) is 32.0 Å². The number of halogens is 2. The SMILES string of the molecule is Cc1cccc(C)c1NC(=O)[C@@H]1CCCN(S(=O)(=O)Cc2c(Cl)cccc2Cl)C1. The monoisotopic (exact) mass is 454 g/mol. The van der Waals surface area contributed by atoms with Crippen LogP contribution in [-0.4, -0.2) is 31.7 Å². The van der Waals surface area contributed by atoms with Gasteiger partial charge in [-0.05, 0) is 49.9 Å². The number of hydrogen-bond donors (Lipinski definition) is 1. The maximum absolute atomic E-state index is 13.0. The van der Waals surface area contributed by atoms with Gasteiger partial charge < -0.3 is 5.32 Å². The van der Waals surface area contributed by atoms with Crippen molar-refractivity contribution in [2.75, 3.05) is 18.4 Å². The van der Waals surface area contributed by atoms with Crippen molar-refractivity contribution in [1.82, 2.24) is 4.31 Å². The van der Waals surface area contributed by atoms with Gasteiger partial charge >= 0.3 is 0 Å². The zero-order chi connectivity index (χ0) is 21.2. The predicted octanol–water partition coefficient (Wildman–Crippen LogP) is 4.79. The Morgan fingerprint density at radius 2 is 1.69 bits per heavy atom. The highest BCUT2D eigenvalue weighted by Gasteiger charge is 2.33. The van der Waals surface area contributed by atoms with E-state index in [-0.39, 0.29) is 18.2 Å². The molecule has 2 aromatic carbocycles. The summed E-state index contributed by atoms with van der Waals surface area (Å²) in [5, 5.41) is 3.63. The zero-order valence-electron chi connectivity index (χ0n) is 16.4. The van der Waals surface area contributed by atoms with Gasteiger partial charge in [-0.15, -0.1) is 0 Å². The molecule has 0 aromatic heterocycles. The molecule has 0 bridgehead atoms. The van der Waals surface area contributed by atoms with E-state index >= 15 is 0 Å². The summed E-state index contributed by atoms with van der Waals surface area (Å²) >= 11 is 12.3. The van der Waals surface area contributed by atoms with E-state index < -0.39 is 15.9 Å². The van der Waals surface area contributed by atoms with E-state index in [1.165, 1.54) is 4.31 Å². The number of hydrogen-bond acceptors (Lipinski definition) is 3. The van der Waals surface area contributed by atoms with Gasteiger partial charge in [0.1, 0.15) is 0 Å². The Balaban J connectivity index is 1.73. The van der Waals surface area contributed by atoms with Crippen molar-refractivity contribution in [3.05, 3.63) is 63.1 Å². The first-order chi connectivity index (χ1) is 13.7. The molecule has 1 N–H and O–H groups in total. The van der Waals surface area contributed by atoms with Gasteiger partial charge in [0, 0.05) is 34.4 Å². The van der Waals surface area contributed by atoms with Gasteiger partial charge in [0.25, 0.3) is 0 Å². The summed E-state index contributed by atoms with van der Waals surface area (Å²) in [7, 11) is -3.65. The number of anilines is 1. The van der Waals surface area contributed by atoms with Gasteiger partial charge in [0.05, 0.1) is 11.7 Å². The van der Waals surface area contributed by atoms with Gasteiger partial charge in [-0.2, -0.15) is 0 Å². The second-order valence-corrected chi connectivity index (χ2v) is 10.2. The standard InChI is InChI=1S/C21H24Cl2N2O3S/c1-14-6-3-7-15(2)20(14)24-21(26)16-8-5-11-25(12-16)29(27,28)13-17-18(22)9-4-10-19(17)23/h3-4,6-7,9-10,16H,5,8,11-13H2,1-2H3,(H,24,26)/t16-/m1/s1. The van der Waals surface area contributed by atoms with Gasteiger partial charge in [0.2, 0.25) is 15.9 Å². The Labute approximate surface area is 182 Å². The molecule has 0 radical (unpaired) electrons. The minimum absolute atomic E-state index is 0.154. The fraction of sp³-hybridized carbons (Fsp3) is 0.381. The van der Waals surface area contributed by atoms with Crippen molar-refractivity contribution in [2.24, 2.45) is 5.92 Å². The van der Waals surface area contributed by atoms with Crippen LogP contribution in [0.2, 0.25) is 10.0 Å². The summed E-state index contributed by atoms with van der Waals surface area (Å²) in [6.07, 6.45) is 1.27. The molecular weight excluding hydrogens is 431 g/mol. The van der Waals surface area contributed by atoms with E-state index in [1.54, 1.807) is 18.2 Å². The van der Waals surface area contributed by atoms with Crippen LogP contribution in [-0.2, 0) is 20.6 Å². The molecule has 1 atom stereocenters. The zero-order valence-corrected chi connectivity index (χ0v) is 18.7. The molecule has 2 aromatic rings. The number of piperidine rings is 1. The van der Waals surface area contributed by atoms with Crippen molar-refractivity contribution in [2.45, 2.75) is 32.4 Å². The minimum Gasteiger partial charge on any atom is -0.325 e. The third-order valence-corrected chi connectivity index (χ3v) is 7.75. The van der Waals surface area contributed by atoms with Crippen LogP contribution in [0.25, 0.3) is 0 Å². The number of para-hydroxylation sites is 1. The van der Waals surface area contributed by atoms with Gasteiger partial charge in [-0.25, -0.2) is 12.7 Å². The second kappa shape index (κ2) is 9.04. The molecule has 1 aliphatic rings. The Morgan fingerprint density at radius 1 is 1.10 bits per heavy atom. The number of rotatable bonds is 5. The van der Waals surface area contributed by atoms with Crippen LogP contribution in [0.3, 0.4) is 0 Å². The predicted molar refractivity (Wildman–Crippen MR) is 118 cm³/mol. The Kier molecular flexibility index (Phi) is 6.89. The van der Waals surface area contributed by atoms with Crippen LogP contribution in [0.5, 0.6) is 0 Å². The highest BCUT2D eigenvalue weighted by Crippen LogP contribution is 2.29. The average Bonchev–Trinajstić information content (AvgIpc) is 2.68. The second-order valence-electron chi connectivity index (χ2n) is 7.41. The number of sulfonamides is 1. The van der Waals surface area contributed by atoms with Crippen molar-refractivity contribution >= 4 is 44.8 Å². The number of aryl methyl sites for hydroxylation is 2. The molecule has 1 saturated heterocycles. The number of benzene rings is 2. The maximum Gasteiger partial charge on any atom is 0.228 e. The summed E-state index contributed by atoms with van der Waals surface area (Å²) in [5.41, 5.74) is 3.14. The molecule has 0 saturated carbocycles. The van der Waals surface area contributed by atoms with E-state index in [9.17, 15) is 13.2 Å². The van der Waals surface area contributed by atoms with Crippen molar-refractivity contribution < 1.29 is 13.2 Å². The van der Waals surface area contributed by atoms with Crippen LogP contribution in [0.4, 0.5) is 5.69 Å². The largest absolute Gasteiger partial charge is 0.325 e. The van der Waals surface area contributed by atoms with Crippen LogP contribution in [0, 0.1) is 19.8 Å². The normalized spacial score (nSPS) is 17.9. The van der Waals surface area contributed by atoms with E-state index in [0.29, 0.717) is 35.0 Å². The molecule has 1 heterocycles. The molecule has 0 spiro atoms. The van der Waals surface area contributed by atoms with Crippen LogP contribution in [0.15, 0.2) is 36.4 Å². The maximum atomic E-state index is 13.0. The first-order valence-electron chi connectivity index (χ1n) is 9.47. The third-order valence-electron chi connectivity index (χ3n) is 5.27. The lowest BCUT2D eigenvalue weighted by Gasteiger charge is -2.31. The van der Waals surface area contributed by atoms with Crippen LogP contribution < -0.4 is 5.32 Å². The molecule has 5 nitrogen and oxygen atoms in total. The van der Waals surface area contributed by atoms with E-state index in [2.05, 4.69) is 5.32 Å². The topological polar surface area (TPSA) is 66.5 Å². The summed E-state index contributed by atoms with van der Waals surface area (Å²) in [6.45, 7) is 4.42. The van der Waals surface area contributed by atoms with E-state index in [4.69, 9.17) is 23.2 Å². The molecule has 0 unspecified atom stereocenters. The van der Waals surface area contributed by atoms with Gasteiger partial charge in [0.15, 0.2) is 0 Å². The smallest absolute Gasteiger partial charge is 0.228 e. The number of carbonyl (C=O) groups is 1. The summed E-state index contributed by atoms with van der Waals surface area (Å²) in [5.74, 6) is -0.839. The number of amides is 1. The molecule has 1 fully saturated rings. The summed E-state index contributed by atoms with van der Waals surface area (Å²) in [6, 6.07) is 10.7. The highest BCUT2D eigenvalue weighted by molar-refractivity contribution is 7.88. The molecule has 1 aliphatic heterocycles. The molecule has 0 aliphatic carbocycles. The fourth-order valence-electron chi connectivity index (χ4n) is 3.59. The fourth-order valence-corrected chi connectivity index (χ4v) is 5.95. The van der Waals surface area contributed by atoms with Crippen molar-refractivity contribution in [1.29, 1.82) is 0 Å². The molecule has 29 heavy (non-hydrogen) atoms. The molecular formula is C21H24Cl2N2O3S. The van der Waals surface area contributed by atoms with Gasteiger partial charge in [-0.3, -0.25) is 4.79 Å². The number of nitrogens with zero attached hydrogens (tertiary/aromatic N) is 1. The third kappa shape index (κ3) is 5.12. The Bertz CT molecular complexity index is 984. The number of carbonyl (C=O) groups excluding carboxylic acids is 1. The lowest BCUT2D eigenvalue weighted by atomic mass is 9.98. The summed E-state index contributed by atoms with van der Waals surface area (Å²) < 4.78 is 27.3. The lowest BCUT2D eigenvalue weighted by molar-refractivity contribution is -0.120. The molecule has 156 valence electrons. The van der Waals surface area contributed by atoms with Gasteiger partial charge in [-0.1, -0.05) is 47.5 Å². The quantitative estimate of drug-likeness (QED) is 0.705. The van der Waals surface area contributed by atoms with Crippen LogP contribution in [0.1, 0.15) is 29.5 Å². The Morgan fingerprint density at radius 3 is 2.31 bits per heavy atom. The molecule has 3 rings (SSSR count). The molecule has 1 amide bonds. The highest BCUT2D eigenvalue weighted by atomic mass is 35.5. The minimum atomic E-state index is -3.65. The Hall–Kier alpha value is -1.60. The number of nitrogens with one attached hydrogen (secondary N) is 1. The lowest BCUT2D eigenvalue weighted by Crippen LogP contribution is -2.44. The van der Waals surface area contributed by atoms with Crippen molar-refractivity contribution in [3.63, 3.8) is 0 Å². The van der Waals surface area contributed by atoms with E-state index in [0.717, 1.165) is 16.8 Å². The first kappa shape index (κ1) is 22.1.